The van der Waals surface area contributed by atoms with Gasteiger partial charge in [-0.15, -0.1) is 0 Å². The molecule has 5 atom stereocenters. The highest BCUT2D eigenvalue weighted by atomic mass is 15.3. The van der Waals surface area contributed by atoms with E-state index in [9.17, 15) is 0 Å². The zero-order chi connectivity index (χ0) is 12.6. The number of nitrogens with zero attached hydrogens (tertiary/aromatic N) is 1. The maximum Gasteiger partial charge on any atom is 0.0362 e. The summed E-state index contributed by atoms with van der Waals surface area (Å²) >= 11 is 0. The van der Waals surface area contributed by atoms with Crippen molar-refractivity contribution >= 4 is 0 Å². The van der Waals surface area contributed by atoms with Crippen LogP contribution in [0, 0.1) is 17.8 Å². The van der Waals surface area contributed by atoms with E-state index in [0.717, 1.165) is 30.3 Å². The fourth-order valence-corrected chi connectivity index (χ4v) is 4.43. The first kappa shape index (κ1) is 13.4. The molecule has 1 aliphatic heterocycles. The van der Waals surface area contributed by atoms with E-state index in [1.807, 2.05) is 0 Å². The smallest absolute Gasteiger partial charge is 0.0362 e. The normalized spacial score (nSPS) is 48.5. The van der Waals surface area contributed by atoms with Gasteiger partial charge in [0.05, 0.1) is 0 Å². The molecule has 1 aliphatic carbocycles. The monoisotopic (exact) mass is 238 g/mol. The van der Waals surface area contributed by atoms with Crippen molar-refractivity contribution in [1.29, 1.82) is 0 Å². The maximum atomic E-state index is 6.24. The Morgan fingerprint density at radius 2 is 1.82 bits per heavy atom. The largest absolute Gasteiger partial charge is 0.329 e. The Balaban J connectivity index is 2.22. The van der Waals surface area contributed by atoms with Crippen LogP contribution < -0.4 is 5.73 Å². The van der Waals surface area contributed by atoms with Crippen molar-refractivity contribution < 1.29 is 0 Å². The van der Waals surface area contributed by atoms with Crippen LogP contribution in [0.3, 0.4) is 0 Å². The van der Waals surface area contributed by atoms with Gasteiger partial charge in [-0.1, -0.05) is 27.2 Å². The third-order valence-corrected chi connectivity index (χ3v) is 5.42. The Hall–Kier alpha value is -0.0800. The molecule has 2 heteroatoms. The number of rotatable bonds is 2. The summed E-state index contributed by atoms with van der Waals surface area (Å²) in [7, 11) is 0. The second-order valence-electron chi connectivity index (χ2n) is 6.94. The third-order valence-electron chi connectivity index (χ3n) is 5.42. The average Bonchev–Trinajstić information content (AvgIpc) is 2.62. The van der Waals surface area contributed by atoms with Gasteiger partial charge in [-0.3, -0.25) is 4.90 Å². The predicted octanol–water partition coefficient (Wildman–Crippen LogP) is 2.87. The van der Waals surface area contributed by atoms with Crippen LogP contribution in [0.1, 0.15) is 53.4 Å². The average molecular weight is 238 g/mol. The standard InChI is InChI=1S/C15H30N2/c1-11-5-6-13(3)15(8-11,10-16)17-9-12(2)7-14(17)4/h11-14H,5-10,16H2,1-4H3. The van der Waals surface area contributed by atoms with Gasteiger partial charge < -0.3 is 5.73 Å². The van der Waals surface area contributed by atoms with Crippen molar-refractivity contribution in [3.63, 3.8) is 0 Å². The summed E-state index contributed by atoms with van der Waals surface area (Å²) in [5.41, 5.74) is 6.53. The lowest BCUT2D eigenvalue weighted by Gasteiger charge is -2.52. The lowest BCUT2D eigenvalue weighted by Crippen LogP contribution is -2.61. The van der Waals surface area contributed by atoms with Gasteiger partial charge in [0.2, 0.25) is 0 Å². The molecule has 2 nitrogen and oxygen atoms in total. The van der Waals surface area contributed by atoms with E-state index in [4.69, 9.17) is 5.73 Å². The molecule has 0 aromatic carbocycles. The molecule has 0 amide bonds. The third kappa shape index (κ3) is 2.26. The van der Waals surface area contributed by atoms with E-state index in [1.54, 1.807) is 0 Å². The fourth-order valence-electron chi connectivity index (χ4n) is 4.43. The Labute approximate surface area is 107 Å². The molecule has 0 radical (unpaired) electrons. The minimum absolute atomic E-state index is 0.293. The molecular weight excluding hydrogens is 208 g/mol. The zero-order valence-electron chi connectivity index (χ0n) is 12.1. The maximum absolute atomic E-state index is 6.24. The van der Waals surface area contributed by atoms with Gasteiger partial charge in [-0.25, -0.2) is 0 Å². The molecule has 2 fully saturated rings. The quantitative estimate of drug-likeness (QED) is 0.801. The molecule has 2 rings (SSSR count). The summed E-state index contributed by atoms with van der Waals surface area (Å²) in [6.07, 6.45) is 5.40. The number of nitrogens with two attached hydrogens (primary N) is 1. The van der Waals surface area contributed by atoms with Crippen LogP contribution in [-0.2, 0) is 0 Å². The van der Waals surface area contributed by atoms with Gasteiger partial charge >= 0.3 is 0 Å². The van der Waals surface area contributed by atoms with Crippen LogP contribution in [0.4, 0.5) is 0 Å². The topological polar surface area (TPSA) is 29.3 Å². The molecule has 100 valence electrons. The highest BCUT2D eigenvalue weighted by molar-refractivity contribution is 5.03. The molecule has 2 aliphatic rings. The second kappa shape index (κ2) is 4.89. The van der Waals surface area contributed by atoms with E-state index >= 15 is 0 Å². The van der Waals surface area contributed by atoms with E-state index in [1.165, 1.54) is 32.2 Å². The Bertz CT molecular complexity index is 266. The van der Waals surface area contributed by atoms with E-state index in [0.29, 0.717) is 5.54 Å². The molecule has 0 bridgehead atoms. The number of hydrogen-bond acceptors (Lipinski definition) is 2. The Morgan fingerprint density at radius 3 is 2.35 bits per heavy atom. The lowest BCUT2D eigenvalue weighted by atomic mass is 9.68. The SMILES string of the molecule is CC1CC(C)N(C2(CN)CC(C)CCC2C)C1. The minimum atomic E-state index is 0.293. The Kier molecular flexibility index (Phi) is 3.84. The summed E-state index contributed by atoms with van der Waals surface area (Å²) in [5.74, 6) is 2.45. The van der Waals surface area contributed by atoms with E-state index in [-0.39, 0.29) is 0 Å². The van der Waals surface area contributed by atoms with Crippen LogP contribution in [0.5, 0.6) is 0 Å². The molecule has 1 heterocycles. The van der Waals surface area contributed by atoms with Crippen LogP contribution in [0.15, 0.2) is 0 Å². The number of likely N-dealkylation sites (tertiary alicyclic amines) is 1. The van der Waals surface area contributed by atoms with Crippen molar-refractivity contribution in [2.75, 3.05) is 13.1 Å². The fraction of sp³-hybridized carbons (Fsp3) is 1.00. The van der Waals surface area contributed by atoms with E-state index < -0.39 is 0 Å². The molecule has 0 aromatic rings. The van der Waals surface area contributed by atoms with Gasteiger partial charge in [-0.05, 0) is 43.9 Å². The highest BCUT2D eigenvalue weighted by Gasteiger charge is 2.47. The highest BCUT2D eigenvalue weighted by Crippen LogP contribution is 2.44. The summed E-state index contributed by atoms with van der Waals surface area (Å²) in [6.45, 7) is 11.7. The van der Waals surface area contributed by atoms with Gasteiger partial charge in [0.15, 0.2) is 0 Å². The first-order chi connectivity index (χ1) is 7.99. The van der Waals surface area contributed by atoms with Gasteiger partial charge in [-0.2, -0.15) is 0 Å². The first-order valence-electron chi connectivity index (χ1n) is 7.46. The molecule has 17 heavy (non-hydrogen) atoms. The van der Waals surface area contributed by atoms with Crippen molar-refractivity contribution in [2.45, 2.75) is 65.0 Å². The van der Waals surface area contributed by atoms with Crippen molar-refractivity contribution in [2.24, 2.45) is 23.5 Å². The van der Waals surface area contributed by atoms with Crippen LogP contribution in [-0.4, -0.2) is 29.6 Å². The summed E-state index contributed by atoms with van der Waals surface area (Å²) < 4.78 is 0. The lowest BCUT2D eigenvalue weighted by molar-refractivity contribution is -0.00995. The van der Waals surface area contributed by atoms with Crippen LogP contribution in [0.2, 0.25) is 0 Å². The summed E-state index contributed by atoms with van der Waals surface area (Å²) in [4.78, 5) is 2.76. The van der Waals surface area contributed by atoms with Crippen molar-refractivity contribution in [3.8, 4) is 0 Å². The second-order valence-corrected chi connectivity index (χ2v) is 6.94. The predicted molar refractivity (Wildman–Crippen MR) is 73.9 cm³/mol. The molecule has 0 aromatic heterocycles. The molecular formula is C15H30N2. The minimum Gasteiger partial charge on any atom is -0.329 e. The molecule has 1 saturated heterocycles. The molecule has 5 unspecified atom stereocenters. The Morgan fingerprint density at radius 1 is 1.12 bits per heavy atom. The van der Waals surface area contributed by atoms with Gasteiger partial charge in [0.1, 0.15) is 0 Å². The summed E-state index contributed by atoms with van der Waals surface area (Å²) in [5, 5.41) is 0. The van der Waals surface area contributed by atoms with Crippen LogP contribution in [0.25, 0.3) is 0 Å². The van der Waals surface area contributed by atoms with Gasteiger partial charge in [0.25, 0.3) is 0 Å². The van der Waals surface area contributed by atoms with E-state index in [2.05, 4.69) is 32.6 Å². The van der Waals surface area contributed by atoms with Crippen LogP contribution >= 0.6 is 0 Å². The molecule has 1 saturated carbocycles. The first-order valence-corrected chi connectivity index (χ1v) is 7.46. The number of hydrogen-bond donors (Lipinski definition) is 1. The van der Waals surface area contributed by atoms with Gasteiger partial charge in [0, 0.05) is 24.7 Å². The molecule has 2 N–H and O–H groups in total. The summed E-state index contributed by atoms with van der Waals surface area (Å²) in [6, 6.07) is 0.723. The van der Waals surface area contributed by atoms with Crippen molar-refractivity contribution in [3.05, 3.63) is 0 Å². The zero-order valence-corrected chi connectivity index (χ0v) is 12.1. The van der Waals surface area contributed by atoms with Crippen molar-refractivity contribution in [1.82, 2.24) is 4.90 Å². The molecule has 0 spiro atoms.